The largest absolute Gasteiger partial charge is 0.228 e. The third kappa shape index (κ3) is 5.80. The van der Waals surface area contributed by atoms with Crippen molar-refractivity contribution in [3.63, 3.8) is 0 Å². The number of hydrogen-bond donors (Lipinski definition) is 0. The van der Waals surface area contributed by atoms with Crippen LogP contribution in [0, 0.1) is 0 Å². The number of hydrogen-bond acceptors (Lipinski definition) is 2. The lowest BCUT2D eigenvalue weighted by atomic mass is 9.66. The zero-order chi connectivity index (χ0) is 39.2. The van der Waals surface area contributed by atoms with E-state index in [1.54, 1.807) is 0 Å². The third-order valence-corrected chi connectivity index (χ3v) is 12.0. The lowest BCUT2D eigenvalue weighted by molar-refractivity contribution is 0.775. The van der Waals surface area contributed by atoms with Gasteiger partial charge in [0.05, 0.1) is 16.8 Å². The standard InChI is InChI=1S/C57H38N2/c1-5-17-42(18-6-1)52-38-53(59-56(58-52)44-19-7-2-8-20-44)43-35-31-40(32-36-43)39-29-33-41(34-30-39)50-37-45-21-13-14-26-48(45)55-54(50)49-27-15-16-28-51(49)57(55,46-22-9-3-10-23-46)47-24-11-4-12-25-47/h1-38H. The van der Waals surface area contributed by atoms with Gasteiger partial charge >= 0.3 is 0 Å². The predicted octanol–water partition coefficient (Wildman–Crippen LogP) is 14.3. The van der Waals surface area contributed by atoms with Gasteiger partial charge in [-0.05, 0) is 78.5 Å². The minimum Gasteiger partial charge on any atom is -0.228 e. The highest BCUT2D eigenvalue weighted by Crippen LogP contribution is 2.60. The first-order valence-corrected chi connectivity index (χ1v) is 20.2. The number of aromatic nitrogens is 2. The molecule has 10 aromatic rings. The molecule has 0 bridgehead atoms. The van der Waals surface area contributed by atoms with E-state index in [1.807, 2.05) is 36.4 Å². The Morgan fingerprint density at radius 1 is 0.322 bits per heavy atom. The van der Waals surface area contributed by atoms with Gasteiger partial charge in [0.2, 0.25) is 0 Å². The Hall–Kier alpha value is -7.68. The quantitative estimate of drug-likeness (QED) is 0.162. The fourth-order valence-corrected chi connectivity index (χ4v) is 9.29. The van der Waals surface area contributed by atoms with E-state index in [4.69, 9.17) is 9.97 Å². The topological polar surface area (TPSA) is 25.8 Å². The fourth-order valence-electron chi connectivity index (χ4n) is 9.29. The zero-order valence-electron chi connectivity index (χ0n) is 32.3. The molecule has 0 N–H and O–H groups in total. The number of rotatable bonds is 7. The van der Waals surface area contributed by atoms with Crippen LogP contribution >= 0.6 is 0 Å². The maximum atomic E-state index is 5.05. The summed E-state index contributed by atoms with van der Waals surface area (Å²) in [4.78, 5) is 10.0. The van der Waals surface area contributed by atoms with E-state index in [0.29, 0.717) is 5.82 Å². The highest BCUT2D eigenvalue weighted by atomic mass is 14.9. The smallest absolute Gasteiger partial charge is 0.160 e. The highest BCUT2D eigenvalue weighted by molar-refractivity contribution is 6.06. The molecular weight excluding hydrogens is 713 g/mol. The molecule has 0 unspecified atom stereocenters. The SMILES string of the molecule is c1ccc(-c2cc(-c3ccc(-c4ccc(-c5cc6ccccc6c6c5-c5ccccc5C6(c5ccccc5)c5ccccc5)cc4)cc3)nc(-c3ccccc3)n2)cc1. The van der Waals surface area contributed by atoms with Crippen molar-refractivity contribution in [3.8, 4) is 67.3 Å². The molecule has 1 aliphatic carbocycles. The summed E-state index contributed by atoms with van der Waals surface area (Å²) in [5.41, 5.74) is 17.0. The molecule has 0 saturated carbocycles. The third-order valence-electron chi connectivity index (χ3n) is 12.0. The van der Waals surface area contributed by atoms with E-state index in [-0.39, 0.29) is 0 Å². The second-order valence-electron chi connectivity index (χ2n) is 15.3. The first-order chi connectivity index (χ1) is 29.3. The van der Waals surface area contributed by atoms with Crippen molar-refractivity contribution in [2.75, 3.05) is 0 Å². The van der Waals surface area contributed by atoms with Crippen LogP contribution in [0.2, 0.25) is 0 Å². The molecule has 0 amide bonds. The van der Waals surface area contributed by atoms with Crippen molar-refractivity contribution in [3.05, 3.63) is 253 Å². The van der Waals surface area contributed by atoms with Gasteiger partial charge in [-0.15, -0.1) is 0 Å². The minimum atomic E-state index is -0.487. The second kappa shape index (κ2) is 14.4. The molecule has 9 aromatic carbocycles. The van der Waals surface area contributed by atoms with Gasteiger partial charge in [0.1, 0.15) is 0 Å². The summed E-state index contributed by atoms with van der Waals surface area (Å²) in [5.74, 6) is 0.717. The molecule has 0 atom stereocenters. The van der Waals surface area contributed by atoms with Gasteiger partial charge in [0.25, 0.3) is 0 Å². The molecule has 1 aliphatic rings. The van der Waals surface area contributed by atoms with Gasteiger partial charge < -0.3 is 0 Å². The second-order valence-corrected chi connectivity index (χ2v) is 15.3. The van der Waals surface area contributed by atoms with Crippen LogP contribution in [0.15, 0.2) is 231 Å². The average molecular weight is 751 g/mol. The van der Waals surface area contributed by atoms with Crippen LogP contribution in [0.5, 0.6) is 0 Å². The van der Waals surface area contributed by atoms with Crippen molar-refractivity contribution < 1.29 is 0 Å². The number of fused-ring (bicyclic) bond motifs is 5. The molecule has 0 fully saturated rings. The Morgan fingerprint density at radius 2 is 0.780 bits per heavy atom. The van der Waals surface area contributed by atoms with Crippen LogP contribution in [-0.4, -0.2) is 9.97 Å². The Morgan fingerprint density at radius 3 is 1.39 bits per heavy atom. The van der Waals surface area contributed by atoms with Crippen molar-refractivity contribution >= 4 is 10.8 Å². The van der Waals surface area contributed by atoms with Crippen LogP contribution in [0.25, 0.3) is 78.1 Å². The molecule has 2 heteroatoms. The first kappa shape index (κ1) is 34.6. The number of nitrogens with zero attached hydrogens (tertiary/aromatic N) is 2. The maximum Gasteiger partial charge on any atom is 0.160 e. The fraction of sp³-hybridized carbons (Fsp3) is 0.0175. The van der Waals surface area contributed by atoms with E-state index in [0.717, 1.165) is 33.6 Å². The molecule has 0 aliphatic heterocycles. The van der Waals surface area contributed by atoms with Crippen LogP contribution in [-0.2, 0) is 5.41 Å². The summed E-state index contributed by atoms with van der Waals surface area (Å²) in [6.45, 7) is 0. The minimum absolute atomic E-state index is 0.487. The van der Waals surface area contributed by atoms with Crippen LogP contribution in [0.3, 0.4) is 0 Å². The van der Waals surface area contributed by atoms with Crippen molar-refractivity contribution in [2.24, 2.45) is 0 Å². The molecule has 1 heterocycles. The highest BCUT2D eigenvalue weighted by Gasteiger charge is 2.48. The normalized spacial score (nSPS) is 12.5. The van der Waals surface area contributed by atoms with Crippen molar-refractivity contribution in [1.29, 1.82) is 0 Å². The van der Waals surface area contributed by atoms with Gasteiger partial charge in [-0.1, -0.05) is 218 Å². The summed E-state index contributed by atoms with van der Waals surface area (Å²) in [6, 6.07) is 83.0. The Bertz CT molecular complexity index is 3010. The van der Waals surface area contributed by atoms with E-state index in [9.17, 15) is 0 Å². The average Bonchev–Trinajstić information content (AvgIpc) is 3.65. The molecule has 2 nitrogen and oxygen atoms in total. The van der Waals surface area contributed by atoms with Gasteiger partial charge in [0.15, 0.2) is 5.82 Å². The van der Waals surface area contributed by atoms with Gasteiger partial charge in [0, 0.05) is 16.7 Å². The Labute approximate surface area is 344 Å². The summed E-state index contributed by atoms with van der Waals surface area (Å²) < 4.78 is 0. The molecule has 0 radical (unpaired) electrons. The molecule has 11 rings (SSSR count). The molecule has 0 saturated heterocycles. The van der Waals surface area contributed by atoms with Crippen molar-refractivity contribution in [1.82, 2.24) is 9.97 Å². The summed E-state index contributed by atoms with van der Waals surface area (Å²) in [5, 5.41) is 2.52. The lowest BCUT2D eigenvalue weighted by Gasteiger charge is -2.35. The van der Waals surface area contributed by atoms with Gasteiger partial charge in [-0.2, -0.15) is 0 Å². The number of benzene rings is 9. The molecule has 1 aromatic heterocycles. The Kier molecular flexibility index (Phi) is 8.41. The summed E-state index contributed by atoms with van der Waals surface area (Å²) in [6.07, 6.45) is 0. The predicted molar refractivity (Wildman–Crippen MR) is 244 cm³/mol. The summed E-state index contributed by atoms with van der Waals surface area (Å²) in [7, 11) is 0. The molecular formula is C57H38N2. The van der Waals surface area contributed by atoms with E-state index in [1.165, 1.54) is 60.8 Å². The zero-order valence-corrected chi connectivity index (χ0v) is 32.3. The lowest BCUT2D eigenvalue weighted by Crippen LogP contribution is -2.28. The van der Waals surface area contributed by atoms with E-state index >= 15 is 0 Å². The van der Waals surface area contributed by atoms with Crippen molar-refractivity contribution in [2.45, 2.75) is 5.41 Å². The van der Waals surface area contributed by atoms with Crippen LogP contribution in [0.4, 0.5) is 0 Å². The summed E-state index contributed by atoms with van der Waals surface area (Å²) >= 11 is 0. The monoisotopic (exact) mass is 750 g/mol. The van der Waals surface area contributed by atoms with Gasteiger partial charge in [-0.25, -0.2) is 9.97 Å². The molecule has 276 valence electrons. The molecule has 0 spiro atoms. The van der Waals surface area contributed by atoms with Crippen LogP contribution < -0.4 is 0 Å². The van der Waals surface area contributed by atoms with E-state index in [2.05, 4.69) is 194 Å². The molecule has 59 heavy (non-hydrogen) atoms. The van der Waals surface area contributed by atoms with E-state index < -0.39 is 5.41 Å². The maximum absolute atomic E-state index is 5.05. The van der Waals surface area contributed by atoms with Crippen LogP contribution in [0.1, 0.15) is 22.3 Å². The Balaban J connectivity index is 1.02. The first-order valence-electron chi connectivity index (χ1n) is 20.2. The van der Waals surface area contributed by atoms with Gasteiger partial charge in [-0.3, -0.25) is 0 Å².